The van der Waals surface area contributed by atoms with E-state index < -0.39 is 28.9 Å². The number of fused-ring (bicyclic) bond motifs is 1. The number of aromatic nitrogens is 3. The third kappa shape index (κ3) is 4.22. The lowest BCUT2D eigenvalue weighted by atomic mass is 9.95. The lowest BCUT2D eigenvalue weighted by Gasteiger charge is -2.23. The van der Waals surface area contributed by atoms with Crippen LogP contribution in [0.3, 0.4) is 0 Å². The zero-order valence-electron chi connectivity index (χ0n) is 15.7. The fourth-order valence-corrected chi connectivity index (χ4v) is 3.01. The first-order chi connectivity index (χ1) is 13.5. The molecule has 0 atom stereocenters. The van der Waals surface area contributed by atoms with Crippen molar-refractivity contribution in [1.29, 1.82) is 0 Å². The predicted octanol–water partition coefficient (Wildman–Crippen LogP) is 2.92. The molecular weight excluding hydrogens is 389 g/mol. The van der Waals surface area contributed by atoms with Gasteiger partial charge in [0, 0.05) is 22.8 Å². The second-order valence-electron chi connectivity index (χ2n) is 6.96. The van der Waals surface area contributed by atoms with Gasteiger partial charge >= 0.3 is 6.18 Å². The summed E-state index contributed by atoms with van der Waals surface area (Å²) in [5.41, 5.74) is -2.32. The van der Waals surface area contributed by atoms with Crippen molar-refractivity contribution < 1.29 is 28.2 Å². The number of nitrogens with zero attached hydrogens (tertiary/aromatic N) is 3. The fraction of sp³-hybridized carbons (Fsp3) is 0.316. The number of amides is 1. The van der Waals surface area contributed by atoms with Crippen LogP contribution in [0.5, 0.6) is 0 Å². The number of aliphatic hydroxyl groups is 2. The van der Waals surface area contributed by atoms with E-state index in [2.05, 4.69) is 15.4 Å². The molecular formula is C19H19F3N4O3. The van der Waals surface area contributed by atoms with Crippen LogP contribution < -0.4 is 5.32 Å². The van der Waals surface area contributed by atoms with Gasteiger partial charge in [-0.3, -0.25) is 14.5 Å². The molecule has 0 unspecified atom stereocenters. The number of hydrogen-bond donors (Lipinski definition) is 3. The molecule has 0 fully saturated rings. The maximum atomic E-state index is 13.2. The average molecular weight is 408 g/mol. The van der Waals surface area contributed by atoms with Gasteiger partial charge in [0.2, 0.25) is 0 Å². The summed E-state index contributed by atoms with van der Waals surface area (Å²) in [5, 5.41) is 26.8. The molecule has 0 saturated carbocycles. The number of carbonyl (C=O) groups is 1. The number of anilines is 1. The van der Waals surface area contributed by atoms with Crippen molar-refractivity contribution in [3.05, 3.63) is 53.5 Å². The molecule has 0 aliphatic heterocycles. The second kappa shape index (κ2) is 7.45. The minimum absolute atomic E-state index is 0.136. The Bertz CT molecular complexity index is 1060. The van der Waals surface area contributed by atoms with E-state index in [1.807, 2.05) is 0 Å². The number of pyridine rings is 1. The molecule has 154 valence electrons. The van der Waals surface area contributed by atoms with Gasteiger partial charge < -0.3 is 15.5 Å². The number of alkyl halides is 3. The summed E-state index contributed by atoms with van der Waals surface area (Å²) >= 11 is 0. The number of carbonyl (C=O) groups excluding carboxylic acids is 1. The van der Waals surface area contributed by atoms with E-state index >= 15 is 0 Å². The molecule has 10 heteroatoms. The molecule has 0 spiro atoms. The molecule has 0 radical (unpaired) electrons. The van der Waals surface area contributed by atoms with Crippen LogP contribution in [0.25, 0.3) is 10.9 Å². The van der Waals surface area contributed by atoms with Crippen LogP contribution in [0.2, 0.25) is 0 Å². The molecule has 7 nitrogen and oxygen atoms in total. The van der Waals surface area contributed by atoms with Crippen molar-refractivity contribution in [2.75, 3.05) is 11.9 Å². The number of nitrogens with one attached hydrogen (secondary N) is 1. The summed E-state index contributed by atoms with van der Waals surface area (Å²) in [6, 6.07) is 4.97. The minimum atomic E-state index is -4.74. The first-order valence-corrected chi connectivity index (χ1v) is 8.69. The van der Waals surface area contributed by atoms with Gasteiger partial charge in [-0.1, -0.05) is 0 Å². The summed E-state index contributed by atoms with van der Waals surface area (Å²) in [6.07, 6.45) is -2.14. The molecule has 0 bridgehead atoms. The van der Waals surface area contributed by atoms with E-state index in [1.165, 1.54) is 30.8 Å². The summed E-state index contributed by atoms with van der Waals surface area (Å²) in [7, 11) is 0. The predicted molar refractivity (Wildman–Crippen MR) is 99.3 cm³/mol. The van der Waals surface area contributed by atoms with Crippen molar-refractivity contribution in [3.8, 4) is 0 Å². The standard InChI is InChI=1S/C19H19F3N4O3/c1-18(2,29)13-9-15-11(10-24-26(15)6-7-27)8-14(13)25-17(28)16-12(19(20,21)22)4-3-5-23-16/h3-5,8-10,27,29H,6-7H2,1-2H3,(H,25,28). The van der Waals surface area contributed by atoms with Gasteiger partial charge in [-0.05, 0) is 38.1 Å². The summed E-state index contributed by atoms with van der Waals surface area (Å²) < 4.78 is 41.1. The Hall–Kier alpha value is -2.98. The molecule has 2 heterocycles. The molecule has 0 aliphatic rings. The van der Waals surface area contributed by atoms with E-state index in [1.54, 1.807) is 6.07 Å². The molecule has 29 heavy (non-hydrogen) atoms. The summed E-state index contributed by atoms with van der Waals surface area (Å²) in [5.74, 6) is -1.05. The highest BCUT2D eigenvalue weighted by Gasteiger charge is 2.36. The number of halogens is 3. The van der Waals surface area contributed by atoms with E-state index in [4.69, 9.17) is 5.11 Å². The van der Waals surface area contributed by atoms with Crippen molar-refractivity contribution in [2.24, 2.45) is 0 Å². The topological polar surface area (TPSA) is 100 Å². The Morgan fingerprint density at radius 3 is 2.59 bits per heavy atom. The van der Waals surface area contributed by atoms with Gasteiger partial charge in [-0.15, -0.1) is 0 Å². The van der Waals surface area contributed by atoms with Gasteiger partial charge in [0.15, 0.2) is 0 Å². The molecule has 0 aliphatic carbocycles. The SMILES string of the molecule is CC(C)(O)c1cc2c(cnn2CCO)cc1NC(=O)c1ncccc1C(F)(F)F. The van der Waals surface area contributed by atoms with Gasteiger partial charge in [0.25, 0.3) is 5.91 Å². The molecule has 2 aromatic heterocycles. The Morgan fingerprint density at radius 2 is 1.97 bits per heavy atom. The monoisotopic (exact) mass is 408 g/mol. The molecule has 1 amide bonds. The van der Waals surface area contributed by atoms with Gasteiger partial charge in [-0.2, -0.15) is 18.3 Å². The van der Waals surface area contributed by atoms with Crippen LogP contribution >= 0.6 is 0 Å². The quantitative estimate of drug-likeness (QED) is 0.603. The lowest BCUT2D eigenvalue weighted by molar-refractivity contribution is -0.138. The molecule has 3 N–H and O–H groups in total. The van der Waals surface area contributed by atoms with Gasteiger partial charge in [-0.25, -0.2) is 0 Å². The van der Waals surface area contributed by atoms with E-state index in [-0.39, 0.29) is 24.4 Å². The highest BCUT2D eigenvalue weighted by atomic mass is 19.4. The van der Waals surface area contributed by atoms with Crippen molar-refractivity contribution >= 4 is 22.5 Å². The zero-order chi connectivity index (χ0) is 21.4. The van der Waals surface area contributed by atoms with Crippen LogP contribution in [0, 0.1) is 0 Å². The minimum Gasteiger partial charge on any atom is -0.394 e. The van der Waals surface area contributed by atoms with Crippen molar-refractivity contribution in [3.63, 3.8) is 0 Å². The van der Waals surface area contributed by atoms with Gasteiger partial charge in [0.1, 0.15) is 5.69 Å². The highest BCUT2D eigenvalue weighted by molar-refractivity contribution is 6.05. The highest BCUT2D eigenvalue weighted by Crippen LogP contribution is 2.34. The van der Waals surface area contributed by atoms with Crippen LogP contribution in [0.4, 0.5) is 18.9 Å². The summed E-state index contributed by atoms with van der Waals surface area (Å²) in [6.45, 7) is 3.05. The smallest absolute Gasteiger partial charge is 0.394 e. The maximum Gasteiger partial charge on any atom is 0.418 e. The third-order valence-electron chi connectivity index (χ3n) is 4.33. The van der Waals surface area contributed by atoms with E-state index in [9.17, 15) is 23.1 Å². The normalized spacial score (nSPS) is 12.4. The number of aliphatic hydroxyl groups excluding tert-OH is 1. The largest absolute Gasteiger partial charge is 0.418 e. The average Bonchev–Trinajstić information content (AvgIpc) is 3.02. The molecule has 1 aromatic carbocycles. The van der Waals surface area contributed by atoms with Crippen molar-refractivity contribution in [1.82, 2.24) is 14.8 Å². The Kier molecular flexibility index (Phi) is 5.33. The Morgan fingerprint density at radius 1 is 1.24 bits per heavy atom. The first kappa shape index (κ1) is 20.7. The molecule has 0 saturated heterocycles. The van der Waals surface area contributed by atoms with Crippen LogP contribution in [-0.2, 0) is 18.3 Å². The number of hydrogen-bond acceptors (Lipinski definition) is 5. The van der Waals surface area contributed by atoms with Crippen molar-refractivity contribution in [2.45, 2.75) is 32.2 Å². The molecule has 3 rings (SSSR count). The molecule has 3 aromatic rings. The maximum absolute atomic E-state index is 13.2. The number of rotatable bonds is 5. The fourth-order valence-electron chi connectivity index (χ4n) is 3.01. The third-order valence-corrected chi connectivity index (χ3v) is 4.33. The Balaban J connectivity index is 2.07. The van der Waals surface area contributed by atoms with Gasteiger partial charge in [0.05, 0.1) is 36.0 Å². The zero-order valence-corrected chi connectivity index (χ0v) is 15.7. The van der Waals surface area contributed by atoms with Crippen LogP contribution in [-0.4, -0.2) is 37.5 Å². The number of benzene rings is 1. The van der Waals surface area contributed by atoms with E-state index in [0.29, 0.717) is 10.9 Å². The lowest BCUT2D eigenvalue weighted by Crippen LogP contribution is -2.24. The Labute approximate surface area is 163 Å². The van der Waals surface area contributed by atoms with E-state index in [0.717, 1.165) is 18.3 Å². The van der Waals surface area contributed by atoms with Crippen LogP contribution in [0.1, 0.15) is 35.5 Å². The summed E-state index contributed by atoms with van der Waals surface area (Å²) in [4.78, 5) is 16.2. The second-order valence-corrected chi connectivity index (χ2v) is 6.96. The first-order valence-electron chi connectivity index (χ1n) is 8.69. The van der Waals surface area contributed by atoms with Crippen LogP contribution in [0.15, 0.2) is 36.7 Å².